The van der Waals surface area contributed by atoms with Crippen LogP contribution >= 0.6 is 34.7 Å². The van der Waals surface area contributed by atoms with Crippen molar-refractivity contribution in [1.29, 1.82) is 0 Å². The van der Waals surface area contributed by atoms with E-state index in [2.05, 4.69) is 10.3 Å². The standard InChI is InChI=1S/C20H21ClN4O2S2/c1-2-24(13-18(26)23-12-17-7-4-10-28-17)19(27)14-29-20-22-8-9-25(20)16-6-3-5-15(21)11-16/h3-11H,2,12-14H2,1H3,(H,23,26). The Kier molecular flexibility index (Phi) is 7.74. The van der Waals surface area contributed by atoms with E-state index in [0.29, 0.717) is 23.3 Å². The number of carbonyl (C=O) groups excluding carboxylic acids is 2. The number of thiophene rings is 1. The average molecular weight is 449 g/mol. The Balaban J connectivity index is 1.54. The predicted octanol–water partition coefficient (Wildman–Crippen LogP) is 3.84. The van der Waals surface area contributed by atoms with Crippen molar-refractivity contribution in [2.45, 2.75) is 18.6 Å². The van der Waals surface area contributed by atoms with Gasteiger partial charge in [-0.3, -0.25) is 14.2 Å². The van der Waals surface area contributed by atoms with E-state index in [9.17, 15) is 9.59 Å². The van der Waals surface area contributed by atoms with Gasteiger partial charge in [0.2, 0.25) is 11.8 Å². The average Bonchev–Trinajstić information content (AvgIpc) is 3.40. The number of nitrogens with one attached hydrogen (secondary N) is 1. The maximum absolute atomic E-state index is 12.6. The molecule has 2 heterocycles. The molecule has 3 aromatic rings. The van der Waals surface area contributed by atoms with Gasteiger partial charge in [-0.25, -0.2) is 4.98 Å². The molecule has 0 saturated carbocycles. The van der Waals surface area contributed by atoms with Crippen LogP contribution in [-0.2, 0) is 16.1 Å². The Labute approximate surface area is 182 Å². The number of carbonyl (C=O) groups is 2. The highest BCUT2D eigenvalue weighted by atomic mass is 35.5. The van der Waals surface area contributed by atoms with Crippen molar-refractivity contribution in [2.75, 3.05) is 18.8 Å². The Morgan fingerprint density at radius 2 is 2.17 bits per heavy atom. The van der Waals surface area contributed by atoms with Crippen LogP contribution in [-0.4, -0.2) is 45.1 Å². The molecule has 1 aromatic carbocycles. The minimum Gasteiger partial charge on any atom is -0.350 e. The van der Waals surface area contributed by atoms with Gasteiger partial charge in [0, 0.05) is 34.5 Å². The number of likely N-dealkylation sites (N-methyl/N-ethyl adjacent to an activating group) is 1. The van der Waals surface area contributed by atoms with Crippen molar-refractivity contribution in [3.8, 4) is 5.69 Å². The molecule has 1 N–H and O–H groups in total. The molecular formula is C20H21ClN4O2S2. The zero-order valence-corrected chi connectivity index (χ0v) is 18.3. The van der Waals surface area contributed by atoms with Crippen LogP contribution in [0.15, 0.2) is 59.3 Å². The van der Waals surface area contributed by atoms with Gasteiger partial charge < -0.3 is 10.2 Å². The van der Waals surface area contributed by atoms with Crippen molar-refractivity contribution in [1.82, 2.24) is 19.8 Å². The second kappa shape index (κ2) is 10.5. The Bertz CT molecular complexity index is 959. The maximum atomic E-state index is 12.6. The molecule has 2 amide bonds. The Hall–Kier alpha value is -2.29. The lowest BCUT2D eigenvalue weighted by molar-refractivity contribution is -0.133. The summed E-state index contributed by atoms with van der Waals surface area (Å²) < 4.78 is 1.88. The topological polar surface area (TPSA) is 67.2 Å². The van der Waals surface area contributed by atoms with E-state index in [1.165, 1.54) is 11.8 Å². The van der Waals surface area contributed by atoms with E-state index in [1.807, 2.05) is 53.4 Å². The molecule has 0 saturated heterocycles. The molecular weight excluding hydrogens is 428 g/mol. The van der Waals surface area contributed by atoms with Gasteiger partial charge in [0.05, 0.1) is 18.8 Å². The highest BCUT2D eigenvalue weighted by molar-refractivity contribution is 7.99. The normalized spacial score (nSPS) is 10.7. The molecule has 0 unspecified atom stereocenters. The largest absolute Gasteiger partial charge is 0.350 e. The van der Waals surface area contributed by atoms with Gasteiger partial charge in [0.25, 0.3) is 0 Å². The first-order chi connectivity index (χ1) is 14.1. The molecule has 2 aromatic heterocycles. The lowest BCUT2D eigenvalue weighted by Gasteiger charge is -2.20. The van der Waals surface area contributed by atoms with E-state index in [4.69, 9.17) is 11.6 Å². The number of hydrogen-bond acceptors (Lipinski definition) is 5. The van der Waals surface area contributed by atoms with Crippen LogP contribution in [0.25, 0.3) is 5.69 Å². The van der Waals surface area contributed by atoms with E-state index in [1.54, 1.807) is 28.5 Å². The summed E-state index contributed by atoms with van der Waals surface area (Å²) in [6, 6.07) is 11.3. The number of nitrogens with zero attached hydrogens (tertiary/aromatic N) is 3. The van der Waals surface area contributed by atoms with Crippen molar-refractivity contribution in [3.63, 3.8) is 0 Å². The van der Waals surface area contributed by atoms with Gasteiger partial charge in [0.1, 0.15) is 0 Å². The molecule has 152 valence electrons. The zero-order valence-electron chi connectivity index (χ0n) is 15.9. The molecule has 0 aliphatic heterocycles. The number of thioether (sulfide) groups is 1. The van der Waals surface area contributed by atoms with Crippen LogP contribution in [0.2, 0.25) is 5.02 Å². The monoisotopic (exact) mass is 448 g/mol. The summed E-state index contributed by atoms with van der Waals surface area (Å²) in [6.45, 7) is 2.86. The lowest BCUT2D eigenvalue weighted by atomic mass is 10.3. The molecule has 0 fully saturated rings. The maximum Gasteiger partial charge on any atom is 0.239 e. The quantitative estimate of drug-likeness (QED) is 0.505. The van der Waals surface area contributed by atoms with E-state index >= 15 is 0 Å². The first-order valence-corrected chi connectivity index (χ1v) is 11.3. The predicted molar refractivity (Wildman–Crippen MR) is 118 cm³/mol. The molecule has 0 bridgehead atoms. The molecule has 3 rings (SSSR count). The van der Waals surface area contributed by atoms with Gasteiger partial charge in [-0.15, -0.1) is 11.3 Å². The second-order valence-electron chi connectivity index (χ2n) is 6.11. The molecule has 0 aliphatic rings. The summed E-state index contributed by atoms with van der Waals surface area (Å²) in [6.07, 6.45) is 3.51. The Morgan fingerprint density at radius 3 is 2.90 bits per heavy atom. The first kappa shape index (κ1) is 21.4. The smallest absolute Gasteiger partial charge is 0.239 e. The van der Waals surface area contributed by atoms with E-state index < -0.39 is 0 Å². The van der Waals surface area contributed by atoms with Gasteiger partial charge in [0.15, 0.2) is 5.16 Å². The molecule has 0 spiro atoms. The third-order valence-electron chi connectivity index (χ3n) is 4.13. The number of rotatable bonds is 9. The second-order valence-corrected chi connectivity index (χ2v) is 8.52. The van der Waals surface area contributed by atoms with Gasteiger partial charge in [-0.1, -0.05) is 35.5 Å². The lowest BCUT2D eigenvalue weighted by Crippen LogP contribution is -2.41. The van der Waals surface area contributed by atoms with Crippen LogP contribution in [0.3, 0.4) is 0 Å². The molecule has 29 heavy (non-hydrogen) atoms. The fraction of sp³-hybridized carbons (Fsp3) is 0.250. The SMILES string of the molecule is CCN(CC(=O)NCc1cccs1)C(=O)CSc1nccn1-c1cccc(Cl)c1. The summed E-state index contributed by atoms with van der Waals surface area (Å²) >= 11 is 8.99. The number of aromatic nitrogens is 2. The van der Waals surface area contributed by atoms with Crippen LogP contribution in [0.4, 0.5) is 0 Å². The van der Waals surface area contributed by atoms with Crippen LogP contribution < -0.4 is 5.32 Å². The molecule has 0 aliphatic carbocycles. The van der Waals surface area contributed by atoms with Crippen LogP contribution in [0.5, 0.6) is 0 Å². The Morgan fingerprint density at radius 1 is 1.31 bits per heavy atom. The van der Waals surface area contributed by atoms with Crippen molar-refractivity contribution >= 4 is 46.5 Å². The fourth-order valence-corrected chi connectivity index (χ4v) is 4.35. The molecule has 0 atom stereocenters. The third kappa shape index (κ3) is 6.09. The van der Waals surface area contributed by atoms with E-state index in [-0.39, 0.29) is 24.1 Å². The van der Waals surface area contributed by atoms with Crippen molar-refractivity contribution in [3.05, 3.63) is 64.1 Å². The van der Waals surface area contributed by atoms with Crippen molar-refractivity contribution < 1.29 is 9.59 Å². The summed E-state index contributed by atoms with van der Waals surface area (Å²) in [5.41, 5.74) is 0.880. The minimum absolute atomic E-state index is 0.0456. The van der Waals surface area contributed by atoms with Crippen LogP contribution in [0, 0.1) is 0 Å². The highest BCUT2D eigenvalue weighted by Gasteiger charge is 2.17. The summed E-state index contributed by atoms with van der Waals surface area (Å²) in [5, 5.41) is 6.14. The number of imidazole rings is 1. The van der Waals surface area contributed by atoms with Crippen molar-refractivity contribution in [2.24, 2.45) is 0 Å². The van der Waals surface area contributed by atoms with Crippen LogP contribution in [0.1, 0.15) is 11.8 Å². The van der Waals surface area contributed by atoms with Gasteiger partial charge in [-0.05, 0) is 36.6 Å². The number of benzene rings is 1. The number of halogens is 1. The third-order valence-corrected chi connectivity index (χ3v) is 6.19. The molecule has 6 nitrogen and oxygen atoms in total. The van der Waals surface area contributed by atoms with Gasteiger partial charge >= 0.3 is 0 Å². The number of hydrogen-bond donors (Lipinski definition) is 1. The van der Waals surface area contributed by atoms with Gasteiger partial charge in [-0.2, -0.15) is 0 Å². The summed E-state index contributed by atoms with van der Waals surface area (Å²) in [7, 11) is 0. The zero-order chi connectivity index (χ0) is 20.6. The first-order valence-electron chi connectivity index (χ1n) is 9.05. The van der Waals surface area contributed by atoms with E-state index in [0.717, 1.165) is 10.6 Å². The highest BCUT2D eigenvalue weighted by Crippen LogP contribution is 2.22. The minimum atomic E-state index is -0.168. The molecule has 0 radical (unpaired) electrons. The fourth-order valence-electron chi connectivity index (χ4n) is 2.64. The summed E-state index contributed by atoms with van der Waals surface area (Å²) in [5.74, 6) is -0.0765. The molecule has 9 heteroatoms. The summed E-state index contributed by atoms with van der Waals surface area (Å²) in [4.78, 5) is 31.7. The number of amides is 2.